The zero-order chi connectivity index (χ0) is 36.2. The molecule has 1 spiro atoms. The Labute approximate surface area is 294 Å². The van der Waals surface area contributed by atoms with E-state index in [4.69, 9.17) is 21.3 Å². The number of hydrogen-bond donors (Lipinski definition) is 2. The van der Waals surface area contributed by atoms with Crippen molar-refractivity contribution in [1.82, 2.24) is 34.0 Å². The maximum absolute atomic E-state index is 14.5. The molecule has 1 atom stereocenters. The number of alkyl halides is 3. The number of piperidine rings is 1. The van der Waals surface area contributed by atoms with E-state index in [1.54, 1.807) is 23.3 Å². The average Bonchev–Trinajstić information content (AvgIpc) is 3.56. The van der Waals surface area contributed by atoms with E-state index in [1.807, 2.05) is 6.08 Å². The van der Waals surface area contributed by atoms with Crippen LogP contribution in [0.3, 0.4) is 0 Å². The highest BCUT2D eigenvalue weighted by Crippen LogP contribution is 2.45. The van der Waals surface area contributed by atoms with Crippen LogP contribution in [0.5, 0.6) is 5.75 Å². The van der Waals surface area contributed by atoms with E-state index in [0.717, 1.165) is 23.8 Å². The van der Waals surface area contributed by atoms with Crippen LogP contribution in [-0.4, -0.2) is 77.3 Å². The number of likely N-dealkylation sites (tertiary alicyclic amines) is 1. The molecule has 13 nitrogen and oxygen atoms in total. The summed E-state index contributed by atoms with van der Waals surface area (Å²) >= 11 is 6.18. The molecule has 2 amide bonds. The van der Waals surface area contributed by atoms with Crippen LogP contribution >= 0.6 is 11.6 Å². The third-order valence-corrected chi connectivity index (χ3v) is 10.5. The zero-order valence-electron chi connectivity index (χ0n) is 27.8. The van der Waals surface area contributed by atoms with Crippen LogP contribution in [0.1, 0.15) is 83.9 Å². The summed E-state index contributed by atoms with van der Waals surface area (Å²) in [7, 11) is 0. The van der Waals surface area contributed by atoms with Crippen LogP contribution in [0.15, 0.2) is 35.4 Å². The lowest BCUT2D eigenvalue weighted by Gasteiger charge is -2.45. The second kappa shape index (κ2) is 13.1. The van der Waals surface area contributed by atoms with Gasteiger partial charge in [-0.3, -0.25) is 14.4 Å². The highest BCUT2D eigenvalue weighted by atomic mass is 35.5. The highest BCUT2D eigenvalue weighted by molar-refractivity contribution is 6.33. The Bertz CT molecular complexity index is 2160. The van der Waals surface area contributed by atoms with Crippen molar-refractivity contribution in [3.63, 3.8) is 0 Å². The number of aryl methyl sites for hydroxylation is 1. The number of rotatable bonds is 5. The molecule has 2 aliphatic heterocycles. The van der Waals surface area contributed by atoms with Crippen LogP contribution < -0.4 is 10.9 Å². The molecular weight excluding hydrogens is 693 g/mol. The molecule has 3 aromatic heterocycles. The number of hydrogen-bond acceptors (Lipinski definition) is 9. The van der Waals surface area contributed by atoms with E-state index >= 15 is 0 Å². The summed E-state index contributed by atoms with van der Waals surface area (Å²) in [6, 6.07) is 1.70. The fraction of sp³-hybridized carbons (Fsp3) is 0.441. The van der Waals surface area contributed by atoms with Crippen molar-refractivity contribution < 1.29 is 32.6 Å². The predicted molar refractivity (Wildman–Crippen MR) is 179 cm³/mol. The Hall–Kier alpha value is -4.83. The van der Waals surface area contributed by atoms with Gasteiger partial charge in [0.1, 0.15) is 12.4 Å². The molecule has 17 heteroatoms. The SMILES string of the molecule is Cc1ncnc(C(=O)N2CCC3(CCCc4c3c(=O)n3nc(C5=CCOCC5)nc3n4C(C)C(=O)Nc3ccc(C(F)(F)F)cc3Cl)CC2)c1O. The molecule has 1 fully saturated rings. The molecular formula is C34H34ClF3N8O5. The number of benzene rings is 1. The van der Waals surface area contributed by atoms with Gasteiger partial charge in [-0.2, -0.15) is 22.7 Å². The van der Waals surface area contributed by atoms with Gasteiger partial charge in [-0.15, -0.1) is 5.10 Å². The molecule has 7 rings (SSSR count). The number of halogens is 4. The number of nitrogens with zero attached hydrogens (tertiary/aromatic N) is 7. The quantitative estimate of drug-likeness (QED) is 0.293. The van der Waals surface area contributed by atoms with Gasteiger partial charge in [0, 0.05) is 29.8 Å². The van der Waals surface area contributed by atoms with Crippen molar-refractivity contribution in [2.75, 3.05) is 31.6 Å². The number of aromatic hydroxyl groups is 1. The van der Waals surface area contributed by atoms with Gasteiger partial charge in [-0.1, -0.05) is 17.7 Å². The van der Waals surface area contributed by atoms with Gasteiger partial charge in [0.25, 0.3) is 11.5 Å². The summed E-state index contributed by atoms with van der Waals surface area (Å²) in [4.78, 5) is 56.1. The van der Waals surface area contributed by atoms with Gasteiger partial charge in [-0.05, 0) is 76.1 Å². The number of aromatic nitrogens is 6. The van der Waals surface area contributed by atoms with Crippen LogP contribution in [0.4, 0.5) is 18.9 Å². The number of ether oxygens (including phenoxy) is 1. The molecule has 3 aliphatic rings. The molecule has 1 aromatic carbocycles. The smallest absolute Gasteiger partial charge is 0.416 e. The number of amides is 2. The first-order valence-electron chi connectivity index (χ1n) is 16.6. The minimum absolute atomic E-state index is 0.000365. The van der Waals surface area contributed by atoms with Crippen molar-refractivity contribution in [2.45, 2.75) is 70.0 Å². The number of carbonyl (C=O) groups excluding carboxylic acids is 2. The monoisotopic (exact) mass is 726 g/mol. The lowest BCUT2D eigenvalue weighted by molar-refractivity contribution is -0.137. The standard InChI is InChI=1S/C34H34ClF3N8O5/c1-18-27(47)26(40-17-39-18)31(50)44-12-10-33(11-13-44)9-3-4-24-25(33)30(49)46-32(42-28(43-46)20-7-14-51-15-8-20)45(24)19(2)29(48)41-23-6-5-21(16-22(23)35)34(36,37)38/h5-7,16-17,19,47H,3-4,8-15H2,1-2H3,(H,41,48). The predicted octanol–water partition coefficient (Wildman–Crippen LogP) is 4.88. The first-order valence-corrected chi connectivity index (χ1v) is 17.0. The molecule has 2 N–H and O–H groups in total. The maximum atomic E-state index is 14.5. The summed E-state index contributed by atoms with van der Waals surface area (Å²) in [5.74, 6) is -0.808. The van der Waals surface area contributed by atoms with E-state index in [2.05, 4.69) is 20.4 Å². The van der Waals surface area contributed by atoms with Gasteiger partial charge >= 0.3 is 6.18 Å². The first-order chi connectivity index (χ1) is 24.3. The van der Waals surface area contributed by atoms with Crippen molar-refractivity contribution >= 4 is 40.5 Å². The summed E-state index contributed by atoms with van der Waals surface area (Å²) in [5, 5.41) is 17.5. The summed E-state index contributed by atoms with van der Waals surface area (Å²) in [6.07, 6.45) is 1.66. The maximum Gasteiger partial charge on any atom is 0.416 e. The van der Waals surface area contributed by atoms with Crippen LogP contribution in [-0.2, 0) is 27.5 Å². The van der Waals surface area contributed by atoms with Crippen LogP contribution in [0.25, 0.3) is 11.4 Å². The Balaban J connectivity index is 1.28. The summed E-state index contributed by atoms with van der Waals surface area (Å²) in [5.41, 5.74) is 0.153. The largest absolute Gasteiger partial charge is 0.504 e. The van der Waals surface area contributed by atoms with Gasteiger partial charge in [0.05, 0.1) is 35.2 Å². The Kier molecular flexibility index (Phi) is 8.86. The third-order valence-electron chi connectivity index (χ3n) is 10.2. The number of nitrogens with one attached hydrogen (secondary N) is 1. The molecule has 1 unspecified atom stereocenters. The molecule has 0 bridgehead atoms. The lowest BCUT2D eigenvalue weighted by Crippen LogP contribution is -2.50. The molecule has 0 saturated carbocycles. The second-order valence-corrected chi connectivity index (χ2v) is 13.5. The Morgan fingerprint density at radius 3 is 2.59 bits per heavy atom. The van der Waals surface area contributed by atoms with Crippen molar-refractivity contribution in [3.05, 3.63) is 80.0 Å². The fourth-order valence-electron chi connectivity index (χ4n) is 7.40. The topological polar surface area (TPSA) is 157 Å². The lowest BCUT2D eigenvalue weighted by atomic mass is 9.66. The molecule has 0 radical (unpaired) electrons. The van der Waals surface area contributed by atoms with E-state index in [1.165, 1.54) is 10.8 Å². The third kappa shape index (κ3) is 6.13. The van der Waals surface area contributed by atoms with E-state index in [0.29, 0.717) is 68.8 Å². The molecule has 1 saturated heterocycles. The fourth-order valence-corrected chi connectivity index (χ4v) is 7.62. The number of fused-ring (bicyclic) bond motifs is 3. The van der Waals surface area contributed by atoms with Gasteiger partial charge < -0.3 is 24.6 Å². The van der Waals surface area contributed by atoms with E-state index in [9.17, 15) is 32.7 Å². The van der Waals surface area contributed by atoms with Crippen LogP contribution in [0.2, 0.25) is 5.02 Å². The minimum Gasteiger partial charge on any atom is -0.504 e. The van der Waals surface area contributed by atoms with E-state index < -0.39 is 35.0 Å². The molecule has 5 heterocycles. The number of carbonyl (C=O) groups is 2. The normalized spacial score (nSPS) is 18.0. The number of anilines is 1. The second-order valence-electron chi connectivity index (χ2n) is 13.1. The highest BCUT2D eigenvalue weighted by Gasteiger charge is 2.45. The van der Waals surface area contributed by atoms with Crippen molar-refractivity contribution in [1.29, 1.82) is 0 Å². The molecule has 268 valence electrons. The van der Waals surface area contributed by atoms with Gasteiger partial charge in [0.2, 0.25) is 11.7 Å². The first kappa shape index (κ1) is 34.6. The Morgan fingerprint density at radius 1 is 1.14 bits per heavy atom. The van der Waals surface area contributed by atoms with Crippen molar-refractivity contribution in [2.24, 2.45) is 0 Å². The Morgan fingerprint density at radius 2 is 1.90 bits per heavy atom. The van der Waals surface area contributed by atoms with Crippen molar-refractivity contribution in [3.8, 4) is 5.75 Å². The average molecular weight is 727 g/mol. The van der Waals surface area contributed by atoms with Gasteiger partial charge in [-0.25, -0.2) is 9.97 Å². The van der Waals surface area contributed by atoms with Crippen LogP contribution in [0, 0.1) is 6.92 Å². The molecule has 1 aliphatic carbocycles. The summed E-state index contributed by atoms with van der Waals surface area (Å²) < 4.78 is 48.2. The summed E-state index contributed by atoms with van der Waals surface area (Å²) in [6.45, 7) is 4.60. The molecule has 4 aromatic rings. The van der Waals surface area contributed by atoms with Gasteiger partial charge in [0.15, 0.2) is 17.3 Å². The minimum atomic E-state index is -4.61. The zero-order valence-corrected chi connectivity index (χ0v) is 28.5. The van der Waals surface area contributed by atoms with E-state index in [-0.39, 0.29) is 52.3 Å². The molecule has 51 heavy (non-hydrogen) atoms.